The Morgan fingerprint density at radius 2 is 1.69 bits per heavy atom. The Labute approximate surface area is 185 Å². The molecule has 2 heterocycles. The Hall–Kier alpha value is -4.13. The lowest BCUT2D eigenvalue weighted by Gasteiger charge is -2.26. The summed E-state index contributed by atoms with van der Waals surface area (Å²) in [5.74, 6) is -1.11. The van der Waals surface area contributed by atoms with Gasteiger partial charge in [0.05, 0.1) is 36.7 Å². The van der Waals surface area contributed by atoms with E-state index in [1.807, 2.05) is 13.0 Å². The molecule has 1 amide bonds. The molecule has 0 radical (unpaired) electrons. The summed E-state index contributed by atoms with van der Waals surface area (Å²) >= 11 is 0. The molecule has 2 aromatic carbocycles. The van der Waals surface area contributed by atoms with E-state index in [0.717, 1.165) is 5.56 Å². The van der Waals surface area contributed by atoms with Gasteiger partial charge in [0.15, 0.2) is 0 Å². The number of aryl methyl sites for hydroxylation is 1. The molecule has 1 unspecified atom stereocenters. The number of aliphatic hydroxyl groups excluding tert-OH is 1. The van der Waals surface area contributed by atoms with Crippen LogP contribution in [0.3, 0.4) is 0 Å². The number of carbonyl (C=O) groups is 2. The molecule has 1 aliphatic rings. The first-order valence-electron chi connectivity index (χ1n) is 9.98. The van der Waals surface area contributed by atoms with E-state index in [2.05, 4.69) is 4.98 Å². The van der Waals surface area contributed by atoms with Crippen molar-refractivity contribution in [2.24, 2.45) is 0 Å². The monoisotopic (exact) mass is 430 g/mol. The Balaban J connectivity index is 2.00. The van der Waals surface area contributed by atoms with Crippen molar-refractivity contribution >= 4 is 23.1 Å². The third-order valence-electron chi connectivity index (χ3n) is 5.37. The normalized spacial score (nSPS) is 17.5. The fourth-order valence-electron chi connectivity index (χ4n) is 3.88. The van der Waals surface area contributed by atoms with Crippen LogP contribution in [0.4, 0.5) is 5.69 Å². The van der Waals surface area contributed by atoms with Crippen LogP contribution < -0.4 is 14.4 Å². The number of methoxy groups -OCH3 is 2. The third kappa shape index (κ3) is 3.47. The van der Waals surface area contributed by atoms with Gasteiger partial charge in [-0.1, -0.05) is 29.8 Å². The van der Waals surface area contributed by atoms with Crippen molar-refractivity contribution in [1.82, 2.24) is 4.98 Å². The first kappa shape index (κ1) is 21.1. The number of Topliss-reactive ketones (excluding diaryl/α,β-unsaturated/α-hetero) is 1. The van der Waals surface area contributed by atoms with Gasteiger partial charge in [0.2, 0.25) is 0 Å². The zero-order valence-electron chi connectivity index (χ0n) is 17.9. The minimum Gasteiger partial charge on any atom is -0.507 e. The van der Waals surface area contributed by atoms with E-state index in [9.17, 15) is 14.7 Å². The number of para-hydroxylation sites is 2. The SMILES string of the molecule is COc1ccc(C)cc1/C(O)=C1\C(=O)C(=O)N(c2ccccc2OC)C1c1ccccn1. The molecule has 1 saturated heterocycles. The number of hydrogen-bond donors (Lipinski definition) is 1. The summed E-state index contributed by atoms with van der Waals surface area (Å²) in [7, 11) is 2.97. The van der Waals surface area contributed by atoms with Crippen LogP contribution in [0, 0.1) is 6.92 Å². The average molecular weight is 430 g/mol. The quantitative estimate of drug-likeness (QED) is 0.373. The van der Waals surface area contributed by atoms with Gasteiger partial charge in [0, 0.05) is 6.20 Å². The Morgan fingerprint density at radius 1 is 0.969 bits per heavy atom. The number of ketones is 1. The smallest absolute Gasteiger partial charge is 0.300 e. The van der Waals surface area contributed by atoms with E-state index >= 15 is 0 Å². The number of hydrogen-bond acceptors (Lipinski definition) is 6. The molecule has 1 fully saturated rings. The van der Waals surface area contributed by atoms with E-state index in [-0.39, 0.29) is 11.3 Å². The summed E-state index contributed by atoms with van der Waals surface area (Å²) in [6.45, 7) is 1.86. The lowest BCUT2D eigenvalue weighted by molar-refractivity contribution is -0.132. The predicted molar refractivity (Wildman–Crippen MR) is 120 cm³/mol. The maximum absolute atomic E-state index is 13.3. The number of pyridine rings is 1. The third-order valence-corrected chi connectivity index (χ3v) is 5.37. The highest BCUT2D eigenvalue weighted by Crippen LogP contribution is 2.45. The predicted octanol–water partition coefficient (Wildman–Crippen LogP) is 4.03. The highest BCUT2D eigenvalue weighted by Gasteiger charge is 2.48. The summed E-state index contributed by atoms with van der Waals surface area (Å²) < 4.78 is 10.8. The first-order chi connectivity index (χ1) is 15.5. The molecule has 1 aromatic heterocycles. The maximum atomic E-state index is 13.3. The standard InChI is InChI=1S/C25H22N2O5/c1-15-11-12-19(31-2)16(14-15)23(28)21-22(17-8-6-7-13-26-17)27(25(30)24(21)29)18-9-4-5-10-20(18)32-3/h4-14,22,28H,1-3H3/b23-21+. The number of aliphatic hydroxyl groups is 1. The minimum atomic E-state index is -0.947. The van der Waals surface area contributed by atoms with Gasteiger partial charge in [-0.3, -0.25) is 19.5 Å². The van der Waals surface area contributed by atoms with Gasteiger partial charge in [0.1, 0.15) is 23.3 Å². The number of carbonyl (C=O) groups excluding carboxylic acids is 2. The molecule has 0 aliphatic carbocycles. The van der Waals surface area contributed by atoms with Gasteiger partial charge in [-0.2, -0.15) is 0 Å². The van der Waals surface area contributed by atoms with Gasteiger partial charge in [-0.15, -0.1) is 0 Å². The van der Waals surface area contributed by atoms with Crippen LogP contribution in [0.15, 0.2) is 72.4 Å². The van der Waals surface area contributed by atoms with E-state index in [0.29, 0.717) is 28.4 Å². The molecule has 1 N–H and O–H groups in total. The fraction of sp³-hybridized carbons (Fsp3) is 0.160. The molecule has 1 aliphatic heterocycles. The molecular weight excluding hydrogens is 408 g/mol. The second-order valence-electron chi connectivity index (χ2n) is 7.30. The van der Waals surface area contributed by atoms with Crippen molar-refractivity contribution in [2.45, 2.75) is 13.0 Å². The van der Waals surface area contributed by atoms with Crippen LogP contribution in [-0.2, 0) is 9.59 Å². The van der Waals surface area contributed by atoms with E-state index in [1.165, 1.54) is 19.1 Å². The maximum Gasteiger partial charge on any atom is 0.300 e. The number of aromatic nitrogens is 1. The fourth-order valence-corrected chi connectivity index (χ4v) is 3.88. The summed E-state index contributed by atoms with van der Waals surface area (Å²) in [5.41, 5.74) is 1.96. The molecule has 3 aromatic rings. The number of amides is 1. The van der Waals surface area contributed by atoms with Crippen molar-refractivity contribution in [3.63, 3.8) is 0 Å². The summed E-state index contributed by atoms with van der Waals surface area (Å²) in [6, 6.07) is 16.4. The molecular formula is C25H22N2O5. The summed E-state index contributed by atoms with van der Waals surface area (Å²) in [4.78, 5) is 32.2. The van der Waals surface area contributed by atoms with Crippen LogP contribution in [0.5, 0.6) is 11.5 Å². The van der Waals surface area contributed by atoms with E-state index in [1.54, 1.807) is 60.8 Å². The van der Waals surface area contributed by atoms with Crippen LogP contribution in [0.25, 0.3) is 5.76 Å². The van der Waals surface area contributed by atoms with Crippen molar-refractivity contribution in [3.05, 3.63) is 89.3 Å². The number of rotatable bonds is 5. The van der Waals surface area contributed by atoms with Crippen molar-refractivity contribution in [3.8, 4) is 11.5 Å². The topological polar surface area (TPSA) is 89.0 Å². The zero-order valence-corrected chi connectivity index (χ0v) is 17.9. The number of nitrogens with zero attached hydrogens (tertiary/aromatic N) is 2. The number of ether oxygens (including phenoxy) is 2. The number of anilines is 1. The zero-order chi connectivity index (χ0) is 22.8. The van der Waals surface area contributed by atoms with Gasteiger partial charge < -0.3 is 14.6 Å². The number of benzene rings is 2. The lowest BCUT2D eigenvalue weighted by Crippen LogP contribution is -2.30. The van der Waals surface area contributed by atoms with Crippen LogP contribution in [-0.4, -0.2) is 36.0 Å². The van der Waals surface area contributed by atoms with Crippen molar-refractivity contribution in [1.29, 1.82) is 0 Å². The highest BCUT2D eigenvalue weighted by atomic mass is 16.5. The Morgan fingerprint density at radius 3 is 2.38 bits per heavy atom. The van der Waals surface area contributed by atoms with E-state index < -0.39 is 17.7 Å². The Kier molecular flexibility index (Phi) is 5.64. The molecule has 7 nitrogen and oxygen atoms in total. The average Bonchev–Trinajstić information content (AvgIpc) is 3.09. The second-order valence-corrected chi connectivity index (χ2v) is 7.30. The van der Waals surface area contributed by atoms with Crippen LogP contribution in [0.2, 0.25) is 0 Å². The van der Waals surface area contributed by atoms with Crippen molar-refractivity contribution in [2.75, 3.05) is 19.1 Å². The molecule has 32 heavy (non-hydrogen) atoms. The van der Waals surface area contributed by atoms with Crippen LogP contribution in [0.1, 0.15) is 22.9 Å². The lowest BCUT2D eigenvalue weighted by atomic mass is 9.97. The largest absolute Gasteiger partial charge is 0.507 e. The molecule has 1 atom stereocenters. The van der Waals surface area contributed by atoms with Gasteiger partial charge in [-0.05, 0) is 43.3 Å². The second kappa shape index (κ2) is 8.55. The van der Waals surface area contributed by atoms with Gasteiger partial charge >= 0.3 is 0 Å². The van der Waals surface area contributed by atoms with Crippen LogP contribution >= 0.6 is 0 Å². The molecule has 0 bridgehead atoms. The van der Waals surface area contributed by atoms with Crippen molar-refractivity contribution < 1.29 is 24.2 Å². The summed E-state index contributed by atoms with van der Waals surface area (Å²) in [6.07, 6.45) is 1.57. The molecule has 4 rings (SSSR count). The molecule has 0 spiro atoms. The molecule has 162 valence electrons. The molecule has 0 saturated carbocycles. The highest BCUT2D eigenvalue weighted by molar-refractivity contribution is 6.51. The van der Waals surface area contributed by atoms with Gasteiger partial charge in [-0.25, -0.2) is 0 Å². The van der Waals surface area contributed by atoms with Gasteiger partial charge in [0.25, 0.3) is 11.7 Å². The molecule has 7 heteroatoms. The summed E-state index contributed by atoms with van der Waals surface area (Å²) in [5, 5.41) is 11.3. The first-order valence-corrected chi connectivity index (χ1v) is 9.98. The van der Waals surface area contributed by atoms with E-state index in [4.69, 9.17) is 9.47 Å². The minimum absolute atomic E-state index is 0.0662. The Bertz CT molecular complexity index is 1220.